The van der Waals surface area contributed by atoms with Crippen molar-refractivity contribution in [1.82, 2.24) is 4.98 Å². The summed E-state index contributed by atoms with van der Waals surface area (Å²) < 4.78 is 5.72. The molecule has 142 valence electrons. The number of ether oxygens (including phenoxy) is 1. The van der Waals surface area contributed by atoms with Gasteiger partial charge in [-0.25, -0.2) is 4.98 Å². The standard InChI is InChI=1S/C23H23N3OS/c1-14(2)27-21-10-9-15(11-16(21)12-24)23-26-13-22(28-23)19-7-3-6-18-17(19)5-4-8-20(18)25/h3,6-7,9-11,13-14,20H,4-5,8,25H2,1-2H3/t20-/m0/s1. The molecule has 0 radical (unpaired) electrons. The number of thiazole rings is 1. The molecular formula is C23H23N3OS. The van der Waals surface area contributed by atoms with Gasteiger partial charge in [0.1, 0.15) is 16.8 Å². The van der Waals surface area contributed by atoms with Crippen LogP contribution in [-0.2, 0) is 6.42 Å². The molecule has 1 aliphatic rings. The summed E-state index contributed by atoms with van der Waals surface area (Å²) in [7, 11) is 0. The lowest BCUT2D eigenvalue weighted by molar-refractivity contribution is 0.242. The molecule has 3 aromatic rings. The predicted molar refractivity (Wildman–Crippen MR) is 113 cm³/mol. The number of hydrogen-bond donors (Lipinski definition) is 1. The van der Waals surface area contributed by atoms with Gasteiger partial charge in [0.25, 0.3) is 0 Å². The van der Waals surface area contributed by atoms with Gasteiger partial charge >= 0.3 is 0 Å². The number of rotatable bonds is 4. The molecule has 0 unspecified atom stereocenters. The first-order valence-corrected chi connectivity index (χ1v) is 10.4. The molecule has 2 N–H and O–H groups in total. The fourth-order valence-corrected chi connectivity index (χ4v) is 4.72. The van der Waals surface area contributed by atoms with Crippen molar-refractivity contribution in [3.63, 3.8) is 0 Å². The monoisotopic (exact) mass is 389 g/mol. The summed E-state index contributed by atoms with van der Waals surface area (Å²) >= 11 is 1.65. The van der Waals surface area contributed by atoms with E-state index in [0.717, 1.165) is 34.7 Å². The van der Waals surface area contributed by atoms with E-state index in [1.165, 1.54) is 16.7 Å². The smallest absolute Gasteiger partial charge is 0.137 e. The van der Waals surface area contributed by atoms with Crippen LogP contribution in [0.1, 0.15) is 49.4 Å². The second-order valence-electron chi connectivity index (χ2n) is 7.39. The van der Waals surface area contributed by atoms with Crippen LogP contribution in [0, 0.1) is 11.3 Å². The van der Waals surface area contributed by atoms with E-state index in [1.54, 1.807) is 11.3 Å². The molecule has 5 heteroatoms. The van der Waals surface area contributed by atoms with Gasteiger partial charge in [0.15, 0.2) is 0 Å². The van der Waals surface area contributed by atoms with Crippen LogP contribution in [0.2, 0.25) is 0 Å². The number of nitrogens with zero attached hydrogens (tertiary/aromatic N) is 2. The summed E-state index contributed by atoms with van der Waals surface area (Å²) in [6.07, 6.45) is 5.19. The van der Waals surface area contributed by atoms with E-state index in [9.17, 15) is 5.26 Å². The zero-order valence-electron chi connectivity index (χ0n) is 16.1. The van der Waals surface area contributed by atoms with E-state index in [1.807, 2.05) is 38.2 Å². The zero-order valence-corrected chi connectivity index (χ0v) is 16.9. The van der Waals surface area contributed by atoms with E-state index in [-0.39, 0.29) is 12.1 Å². The largest absolute Gasteiger partial charge is 0.490 e. The SMILES string of the molecule is CC(C)Oc1ccc(-c2ncc(-c3cccc4c3CCC[C@@H]4N)s2)cc1C#N. The first-order valence-electron chi connectivity index (χ1n) is 9.61. The molecule has 0 saturated heterocycles. The summed E-state index contributed by atoms with van der Waals surface area (Å²) in [5, 5.41) is 10.4. The van der Waals surface area contributed by atoms with Crippen molar-refractivity contribution >= 4 is 11.3 Å². The number of fused-ring (bicyclic) bond motifs is 1. The highest BCUT2D eigenvalue weighted by atomic mass is 32.1. The Morgan fingerprint density at radius 1 is 1.29 bits per heavy atom. The highest BCUT2D eigenvalue weighted by Gasteiger charge is 2.21. The quantitative estimate of drug-likeness (QED) is 0.642. The van der Waals surface area contributed by atoms with Gasteiger partial charge < -0.3 is 10.5 Å². The average Bonchev–Trinajstić information content (AvgIpc) is 3.18. The molecule has 4 rings (SSSR count). The molecule has 0 fully saturated rings. The maximum Gasteiger partial charge on any atom is 0.137 e. The molecule has 0 aliphatic heterocycles. The van der Waals surface area contributed by atoms with Gasteiger partial charge in [-0.3, -0.25) is 0 Å². The topological polar surface area (TPSA) is 71.9 Å². The van der Waals surface area contributed by atoms with Crippen molar-refractivity contribution < 1.29 is 4.74 Å². The van der Waals surface area contributed by atoms with Crippen molar-refractivity contribution in [2.24, 2.45) is 5.73 Å². The summed E-state index contributed by atoms with van der Waals surface area (Å²) in [5.74, 6) is 0.615. The summed E-state index contributed by atoms with van der Waals surface area (Å²) in [4.78, 5) is 5.77. The van der Waals surface area contributed by atoms with Gasteiger partial charge in [-0.1, -0.05) is 18.2 Å². The third kappa shape index (κ3) is 3.54. The zero-order chi connectivity index (χ0) is 19.7. The van der Waals surface area contributed by atoms with Gasteiger partial charge in [0.2, 0.25) is 0 Å². The van der Waals surface area contributed by atoms with Crippen LogP contribution in [0.25, 0.3) is 21.0 Å². The fourth-order valence-electron chi connectivity index (χ4n) is 3.76. The Labute approximate surface area is 169 Å². The molecule has 2 aromatic carbocycles. The lowest BCUT2D eigenvalue weighted by Crippen LogP contribution is -2.17. The van der Waals surface area contributed by atoms with E-state index in [0.29, 0.717) is 11.3 Å². The van der Waals surface area contributed by atoms with Gasteiger partial charge in [-0.05, 0) is 68.0 Å². The van der Waals surface area contributed by atoms with Crippen molar-refractivity contribution in [1.29, 1.82) is 5.26 Å². The van der Waals surface area contributed by atoms with Crippen molar-refractivity contribution in [3.8, 4) is 32.8 Å². The number of nitrogens with two attached hydrogens (primary N) is 1. The number of benzene rings is 2. The first-order chi connectivity index (χ1) is 13.6. The molecule has 1 aromatic heterocycles. The Morgan fingerprint density at radius 2 is 2.14 bits per heavy atom. The summed E-state index contributed by atoms with van der Waals surface area (Å²) in [6, 6.07) is 14.4. The number of aromatic nitrogens is 1. The third-order valence-corrected chi connectivity index (χ3v) is 6.11. The maximum atomic E-state index is 9.48. The maximum absolute atomic E-state index is 9.48. The lowest BCUT2D eigenvalue weighted by Gasteiger charge is -2.24. The molecule has 0 amide bonds. The predicted octanol–water partition coefficient (Wildman–Crippen LogP) is 5.47. The molecule has 4 nitrogen and oxygen atoms in total. The van der Waals surface area contributed by atoms with E-state index in [2.05, 4.69) is 29.3 Å². The average molecular weight is 390 g/mol. The third-order valence-electron chi connectivity index (χ3n) is 5.03. The highest BCUT2D eigenvalue weighted by Crippen LogP contribution is 2.39. The molecule has 0 saturated carbocycles. The van der Waals surface area contributed by atoms with Gasteiger partial charge in [0, 0.05) is 17.8 Å². The van der Waals surface area contributed by atoms with Crippen LogP contribution in [-0.4, -0.2) is 11.1 Å². The Kier molecular flexibility index (Phi) is 5.17. The second-order valence-corrected chi connectivity index (χ2v) is 8.42. The minimum Gasteiger partial charge on any atom is -0.490 e. The minimum atomic E-state index is 0.0278. The minimum absolute atomic E-state index is 0.0278. The molecule has 1 atom stereocenters. The Bertz CT molecular complexity index is 1050. The first kappa shape index (κ1) is 18.7. The number of hydrogen-bond acceptors (Lipinski definition) is 5. The van der Waals surface area contributed by atoms with E-state index >= 15 is 0 Å². The van der Waals surface area contributed by atoms with Crippen LogP contribution in [0.4, 0.5) is 0 Å². The normalized spacial score (nSPS) is 15.9. The Balaban J connectivity index is 1.70. The van der Waals surface area contributed by atoms with Crippen LogP contribution >= 0.6 is 11.3 Å². The fraction of sp³-hybridized carbons (Fsp3) is 0.304. The molecule has 0 spiro atoms. The van der Waals surface area contributed by atoms with Gasteiger partial charge in [0.05, 0.1) is 16.5 Å². The van der Waals surface area contributed by atoms with E-state index < -0.39 is 0 Å². The van der Waals surface area contributed by atoms with Crippen LogP contribution in [0.5, 0.6) is 5.75 Å². The highest BCUT2D eigenvalue weighted by molar-refractivity contribution is 7.18. The van der Waals surface area contributed by atoms with E-state index in [4.69, 9.17) is 10.5 Å². The van der Waals surface area contributed by atoms with Crippen LogP contribution < -0.4 is 10.5 Å². The lowest BCUT2D eigenvalue weighted by atomic mass is 9.85. The van der Waals surface area contributed by atoms with Crippen molar-refractivity contribution in [2.45, 2.75) is 45.3 Å². The Morgan fingerprint density at radius 3 is 2.93 bits per heavy atom. The van der Waals surface area contributed by atoms with Gasteiger partial charge in [-0.2, -0.15) is 5.26 Å². The Hall–Kier alpha value is -2.68. The molecular weight excluding hydrogens is 366 g/mol. The van der Waals surface area contributed by atoms with Crippen molar-refractivity contribution in [2.75, 3.05) is 0 Å². The summed E-state index contributed by atoms with van der Waals surface area (Å²) in [6.45, 7) is 3.91. The molecule has 1 heterocycles. The summed E-state index contributed by atoms with van der Waals surface area (Å²) in [5.41, 5.74) is 11.6. The van der Waals surface area contributed by atoms with Crippen LogP contribution in [0.3, 0.4) is 0 Å². The van der Waals surface area contributed by atoms with Crippen molar-refractivity contribution in [3.05, 3.63) is 59.3 Å². The molecule has 28 heavy (non-hydrogen) atoms. The molecule has 1 aliphatic carbocycles. The van der Waals surface area contributed by atoms with Gasteiger partial charge in [-0.15, -0.1) is 11.3 Å². The molecule has 0 bridgehead atoms. The van der Waals surface area contributed by atoms with Crippen LogP contribution in [0.15, 0.2) is 42.6 Å². The second kappa shape index (κ2) is 7.75. The number of nitriles is 1.